The first kappa shape index (κ1) is 18.5. The van der Waals surface area contributed by atoms with Crippen molar-refractivity contribution in [1.82, 2.24) is 0 Å². The van der Waals surface area contributed by atoms with Crippen molar-refractivity contribution in [3.8, 4) is 11.5 Å². The van der Waals surface area contributed by atoms with Gasteiger partial charge in [0.25, 0.3) is 0 Å². The lowest BCUT2D eigenvalue weighted by Crippen LogP contribution is -2.11. The first-order valence-corrected chi connectivity index (χ1v) is 8.72. The summed E-state index contributed by atoms with van der Waals surface area (Å²) in [5.41, 5.74) is 1.00. The Balaban J connectivity index is 2.08. The first-order chi connectivity index (χ1) is 11.8. The summed E-state index contributed by atoms with van der Waals surface area (Å²) in [5.74, 6) is 0.741. The van der Waals surface area contributed by atoms with Crippen molar-refractivity contribution in [3.63, 3.8) is 0 Å². The van der Waals surface area contributed by atoms with Crippen LogP contribution in [0.1, 0.15) is 10.4 Å². The fourth-order valence-electron chi connectivity index (χ4n) is 2.05. The molecule has 0 atom stereocenters. The van der Waals surface area contributed by atoms with Crippen molar-refractivity contribution in [2.24, 2.45) is 5.14 Å². The van der Waals surface area contributed by atoms with Gasteiger partial charge in [-0.2, -0.15) is 0 Å². The van der Waals surface area contributed by atoms with Gasteiger partial charge in [-0.25, -0.2) is 13.6 Å². The van der Waals surface area contributed by atoms with Crippen LogP contribution in [0.25, 0.3) is 0 Å². The first-order valence-electron chi connectivity index (χ1n) is 7.17. The molecule has 2 rings (SSSR count). The number of hydrogen-bond donors (Lipinski definition) is 2. The number of ketones is 1. The number of anilines is 1. The molecule has 0 heterocycles. The summed E-state index contributed by atoms with van der Waals surface area (Å²) in [6, 6.07) is 10.7. The number of benzene rings is 2. The lowest BCUT2D eigenvalue weighted by atomic mass is 10.1. The Hall–Kier alpha value is -2.84. The summed E-state index contributed by atoms with van der Waals surface area (Å²) < 4.78 is 32.7. The molecule has 132 valence electrons. The van der Waals surface area contributed by atoms with Crippen LogP contribution in [0, 0.1) is 0 Å². The summed E-state index contributed by atoms with van der Waals surface area (Å²) in [5, 5.41) is 7.91. The Labute approximate surface area is 146 Å². The van der Waals surface area contributed by atoms with Crippen LogP contribution >= 0.6 is 0 Å². The molecular formula is C17H18N2O5S. The molecule has 0 aliphatic rings. The van der Waals surface area contributed by atoms with Gasteiger partial charge in [0.05, 0.1) is 24.7 Å². The standard InChI is InChI=1S/C17H18N2O5S/c1-23-13-5-8-15(17(11-13)24-2)16(20)9-10-19-12-3-6-14(7-4-12)25(18,21)22/h3-11,19H,1-2H3,(H2,18,21,22)/b10-9+. The molecule has 0 aliphatic heterocycles. The van der Waals surface area contributed by atoms with E-state index in [-0.39, 0.29) is 10.7 Å². The predicted octanol–water partition coefficient (Wildman–Crippen LogP) is 2.16. The van der Waals surface area contributed by atoms with Crippen LogP contribution in [0.4, 0.5) is 5.69 Å². The maximum absolute atomic E-state index is 12.3. The van der Waals surface area contributed by atoms with Gasteiger partial charge in [0.2, 0.25) is 10.0 Å². The van der Waals surface area contributed by atoms with Crippen molar-refractivity contribution >= 4 is 21.5 Å². The Morgan fingerprint density at radius 1 is 1.08 bits per heavy atom. The number of rotatable bonds is 7. The van der Waals surface area contributed by atoms with E-state index in [9.17, 15) is 13.2 Å². The van der Waals surface area contributed by atoms with Crippen LogP contribution in [0.5, 0.6) is 11.5 Å². The molecule has 0 saturated carbocycles. The van der Waals surface area contributed by atoms with Crippen molar-refractivity contribution in [2.75, 3.05) is 19.5 Å². The summed E-state index contributed by atoms with van der Waals surface area (Å²) in [4.78, 5) is 12.3. The predicted molar refractivity (Wildman–Crippen MR) is 94.5 cm³/mol. The van der Waals surface area contributed by atoms with Gasteiger partial charge in [0.1, 0.15) is 11.5 Å². The number of allylic oxidation sites excluding steroid dienone is 1. The van der Waals surface area contributed by atoms with Crippen molar-refractivity contribution < 1.29 is 22.7 Å². The largest absolute Gasteiger partial charge is 0.497 e. The molecule has 3 N–H and O–H groups in total. The monoisotopic (exact) mass is 362 g/mol. The van der Waals surface area contributed by atoms with Gasteiger partial charge in [0, 0.05) is 24.0 Å². The van der Waals surface area contributed by atoms with Gasteiger partial charge in [-0.1, -0.05) is 0 Å². The maximum Gasteiger partial charge on any atom is 0.238 e. The molecule has 0 unspecified atom stereocenters. The van der Waals surface area contributed by atoms with E-state index in [2.05, 4.69) is 5.32 Å². The second-order valence-electron chi connectivity index (χ2n) is 4.98. The van der Waals surface area contributed by atoms with E-state index >= 15 is 0 Å². The minimum absolute atomic E-state index is 0.0149. The molecule has 7 nitrogen and oxygen atoms in total. The lowest BCUT2D eigenvalue weighted by Gasteiger charge is -2.08. The fourth-order valence-corrected chi connectivity index (χ4v) is 2.56. The molecule has 0 amide bonds. The maximum atomic E-state index is 12.3. The zero-order chi connectivity index (χ0) is 18.4. The molecular weight excluding hydrogens is 344 g/mol. The van der Waals surface area contributed by atoms with Crippen molar-refractivity contribution in [3.05, 3.63) is 60.3 Å². The molecule has 0 radical (unpaired) electrons. The molecule has 0 saturated heterocycles. The molecule has 2 aromatic carbocycles. The van der Waals surface area contributed by atoms with E-state index in [0.717, 1.165) is 0 Å². The number of primary sulfonamides is 1. The van der Waals surface area contributed by atoms with Crippen LogP contribution in [0.2, 0.25) is 0 Å². The highest BCUT2D eigenvalue weighted by molar-refractivity contribution is 7.89. The number of carbonyl (C=O) groups is 1. The Bertz CT molecular complexity index is 890. The summed E-state index contributed by atoms with van der Waals surface area (Å²) in [6.07, 6.45) is 2.80. The average Bonchev–Trinajstić information content (AvgIpc) is 2.60. The zero-order valence-electron chi connectivity index (χ0n) is 13.7. The molecule has 0 bridgehead atoms. The highest BCUT2D eigenvalue weighted by Crippen LogP contribution is 2.25. The SMILES string of the molecule is COc1ccc(C(=O)/C=C/Nc2ccc(S(N)(=O)=O)cc2)c(OC)c1. The number of nitrogens with two attached hydrogens (primary N) is 1. The minimum atomic E-state index is -3.73. The van der Waals surface area contributed by atoms with E-state index in [1.807, 2.05) is 0 Å². The normalized spacial score (nSPS) is 11.3. The smallest absolute Gasteiger partial charge is 0.238 e. The topological polar surface area (TPSA) is 108 Å². The van der Waals surface area contributed by atoms with E-state index < -0.39 is 10.0 Å². The fraction of sp³-hybridized carbons (Fsp3) is 0.118. The van der Waals surface area contributed by atoms with Crippen LogP contribution in [0.15, 0.2) is 59.6 Å². The quantitative estimate of drug-likeness (QED) is 0.577. The Morgan fingerprint density at radius 2 is 1.76 bits per heavy atom. The van der Waals surface area contributed by atoms with Gasteiger partial charge in [-0.15, -0.1) is 0 Å². The number of ether oxygens (including phenoxy) is 2. The highest BCUT2D eigenvalue weighted by Gasteiger charge is 2.11. The second kappa shape index (κ2) is 7.82. The van der Waals surface area contributed by atoms with Gasteiger partial charge in [-0.3, -0.25) is 4.79 Å². The molecule has 25 heavy (non-hydrogen) atoms. The zero-order valence-corrected chi connectivity index (χ0v) is 14.5. The number of hydrogen-bond acceptors (Lipinski definition) is 6. The van der Waals surface area contributed by atoms with E-state index in [0.29, 0.717) is 22.7 Å². The number of nitrogens with one attached hydrogen (secondary N) is 1. The molecule has 0 aliphatic carbocycles. The minimum Gasteiger partial charge on any atom is -0.497 e. The van der Waals surface area contributed by atoms with E-state index in [4.69, 9.17) is 14.6 Å². The van der Waals surface area contributed by atoms with E-state index in [1.165, 1.54) is 38.6 Å². The molecule has 0 fully saturated rings. The van der Waals surface area contributed by atoms with Gasteiger partial charge >= 0.3 is 0 Å². The average molecular weight is 362 g/mol. The number of carbonyl (C=O) groups excluding carboxylic acids is 1. The van der Waals surface area contributed by atoms with Gasteiger partial charge in [0.15, 0.2) is 5.78 Å². The molecule has 0 aromatic heterocycles. The number of methoxy groups -OCH3 is 2. The summed E-state index contributed by atoms with van der Waals surface area (Å²) >= 11 is 0. The highest BCUT2D eigenvalue weighted by atomic mass is 32.2. The van der Waals surface area contributed by atoms with E-state index in [1.54, 1.807) is 30.3 Å². The third kappa shape index (κ3) is 4.82. The van der Waals surface area contributed by atoms with Crippen LogP contribution in [-0.4, -0.2) is 28.4 Å². The van der Waals surface area contributed by atoms with Gasteiger partial charge < -0.3 is 14.8 Å². The van der Waals surface area contributed by atoms with Crippen molar-refractivity contribution in [2.45, 2.75) is 4.90 Å². The third-order valence-electron chi connectivity index (χ3n) is 3.34. The van der Waals surface area contributed by atoms with Crippen LogP contribution in [0.3, 0.4) is 0 Å². The van der Waals surface area contributed by atoms with Gasteiger partial charge in [-0.05, 0) is 36.4 Å². The van der Waals surface area contributed by atoms with Crippen LogP contribution < -0.4 is 19.9 Å². The molecule has 0 spiro atoms. The molecule has 2 aromatic rings. The van der Waals surface area contributed by atoms with Crippen molar-refractivity contribution in [1.29, 1.82) is 0 Å². The number of sulfonamides is 1. The third-order valence-corrected chi connectivity index (χ3v) is 4.27. The summed E-state index contributed by atoms with van der Waals surface area (Å²) in [7, 11) is -0.725. The Morgan fingerprint density at radius 3 is 2.32 bits per heavy atom. The Kier molecular flexibility index (Phi) is 5.79. The second-order valence-corrected chi connectivity index (χ2v) is 6.54. The summed E-state index contributed by atoms with van der Waals surface area (Å²) in [6.45, 7) is 0. The molecule has 8 heteroatoms. The van der Waals surface area contributed by atoms with Crippen LogP contribution in [-0.2, 0) is 10.0 Å². The lowest BCUT2D eigenvalue weighted by molar-refractivity contribution is 0.104.